The molecular weight excluding hydrogens is 428 g/mol. The average Bonchev–Trinajstić information content (AvgIpc) is 3.27. The second kappa shape index (κ2) is 9.03. The van der Waals surface area contributed by atoms with Crippen molar-refractivity contribution in [1.29, 1.82) is 0 Å². The van der Waals surface area contributed by atoms with Gasteiger partial charge in [-0.2, -0.15) is 5.10 Å². The lowest BCUT2D eigenvalue weighted by Crippen LogP contribution is -2.26. The minimum absolute atomic E-state index is 0.206. The van der Waals surface area contributed by atoms with Crippen LogP contribution in [0.4, 0.5) is 5.13 Å². The van der Waals surface area contributed by atoms with Gasteiger partial charge in [0, 0.05) is 22.7 Å². The number of para-hydroxylation sites is 1. The van der Waals surface area contributed by atoms with Crippen LogP contribution < -0.4 is 20.2 Å². The standard InChI is InChI=1S/C23H20N4O4S/c1-14-11-18(28)21(26-27(14)16-7-5-4-6-8-16)22(29)25-23-24-17(13-32-23)15-9-10-19(30-2)20(12-15)31-3/h4-13H,1-3H3,(H,24,25,29). The normalized spacial score (nSPS) is 10.6. The fraction of sp³-hybridized carbons (Fsp3) is 0.130. The second-order valence-electron chi connectivity index (χ2n) is 6.81. The third-order valence-corrected chi connectivity index (χ3v) is 5.48. The molecule has 1 N–H and O–H groups in total. The third-order valence-electron chi connectivity index (χ3n) is 4.73. The smallest absolute Gasteiger partial charge is 0.281 e. The Bertz CT molecular complexity index is 1330. The fourth-order valence-electron chi connectivity index (χ4n) is 3.15. The van der Waals surface area contributed by atoms with Gasteiger partial charge in [0.05, 0.1) is 25.6 Å². The molecule has 0 aliphatic heterocycles. The number of nitrogens with zero attached hydrogens (tertiary/aromatic N) is 3. The van der Waals surface area contributed by atoms with Gasteiger partial charge in [-0.3, -0.25) is 14.9 Å². The third kappa shape index (κ3) is 4.23. The molecule has 8 nitrogen and oxygen atoms in total. The van der Waals surface area contributed by atoms with Gasteiger partial charge in [-0.1, -0.05) is 18.2 Å². The number of ether oxygens (including phenoxy) is 2. The van der Waals surface area contributed by atoms with Gasteiger partial charge in [0.1, 0.15) is 0 Å². The number of thiazole rings is 1. The Morgan fingerprint density at radius 2 is 1.78 bits per heavy atom. The number of benzene rings is 2. The molecule has 0 spiro atoms. The molecule has 0 unspecified atom stereocenters. The minimum atomic E-state index is -0.618. The number of rotatable bonds is 6. The maximum atomic E-state index is 12.8. The molecule has 162 valence electrons. The number of carbonyl (C=O) groups is 1. The highest BCUT2D eigenvalue weighted by molar-refractivity contribution is 7.14. The molecule has 0 radical (unpaired) electrons. The SMILES string of the molecule is COc1ccc(-c2csc(NC(=O)c3nn(-c4ccccc4)c(C)cc3=O)n2)cc1OC. The highest BCUT2D eigenvalue weighted by Gasteiger charge is 2.17. The molecule has 0 saturated heterocycles. The van der Waals surface area contributed by atoms with Crippen LogP contribution in [0.3, 0.4) is 0 Å². The Balaban J connectivity index is 1.60. The zero-order valence-corrected chi connectivity index (χ0v) is 18.5. The predicted octanol–water partition coefficient (Wildman–Crippen LogP) is 3.93. The highest BCUT2D eigenvalue weighted by atomic mass is 32.1. The van der Waals surface area contributed by atoms with Gasteiger partial charge in [0.25, 0.3) is 5.91 Å². The van der Waals surface area contributed by atoms with E-state index in [4.69, 9.17) is 9.47 Å². The van der Waals surface area contributed by atoms with Crippen LogP contribution in [0, 0.1) is 6.92 Å². The summed E-state index contributed by atoms with van der Waals surface area (Å²) in [6.07, 6.45) is 0. The number of anilines is 1. The molecule has 0 atom stereocenters. The van der Waals surface area contributed by atoms with E-state index in [0.29, 0.717) is 28.0 Å². The lowest BCUT2D eigenvalue weighted by Gasteiger charge is -2.10. The van der Waals surface area contributed by atoms with E-state index in [9.17, 15) is 9.59 Å². The molecule has 2 heterocycles. The summed E-state index contributed by atoms with van der Waals surface area (Å²) < 4.78 is 12.2. The molecule has 2 aromatic heterocycles. The van der Waals surface area contributed by atoms with Crippen molar-refractivity contribution in [2.75, 3.05) is 19.5 Å². The van der Waals surface area contributed by atoms with Crippen molar-refractivity contribution in [2.45, 2.75) is 6.92 Å². The number of amides is 1. The quantitative estimate of drug-likeness (QED) is 0.480. The first-order chi connectivity index (χ1) is 15.5. The summed E-state index contributed by atoms with van der Waals surface area (Å²) in [4.78, 5) is 29.7. The first-order valence-electron chi connectivity index (χ1n) is 9.66. The van der Waals surface area contributed by atoms with Crippen molar-refractivity contribution in [2.24, 2.45) is 0 Å². The van der Waals surface area contributed by atoms with Gasteiger partial charge < -0.3 is 9.47 Å². The molecule has 32 heavy (non-hydrogen) atoms. The number of aromatic nitrogens is 3. The minimum Gasteiger partial charge on any atom is -0.493 e. The van der Waals surface area contributed by atoms with Gasteiger partial charge in [-0.05, 0) is 37.3 Å². The van der Waals surface area contributed by atoms with E-state index < -0.39 is 11.3 Å². The summed E-state index contributed by atoms with van der Waals surface area (Å²) in [5.41, 5.74) is 2.18. The zero-order chi connectivity index (χ0) is 22.7. The Morgan fingerprint density at radius 1 is 1.03 bits per heavy atom. The molecular formula is C23H20N4O4S. The van der Waals surface area contributed by atoms with Gasteiger partial charge >= 0.3 is 0 Å². The van der Waals surface area contributed by atoms with Gasteiger partial charge in [-0.15, -0.1) is 11.3 Å². The van der Waals surface area contributed by atoms with Crippen molar-refractivity contribution in [3.63, 3.8) is 0 Å². The van der Waals surface area contributed by atoms with E-state index in [1.54, 1.807) is 38.0 Å². The molecule has 4 rings (SSSR count). The molecule has 0 aliphatic carbocycles. The van der Waals surface area contributed by atoms with Crippen LogP contribution >= 0.6 is 11.3 Å². The predicted molar refractivity (Wildman–Crippen MR) is 123 cm³/mol. The monoisotopic (exact) mass is 448 g/mol. The van der Waals surface area contributed by atoms with Crippen LogP contribution in [-0.4, -0.2) is 34.9 Å². The largest absolute Gasteiger partial charge is 0.493 e. The molecule has 0 bridgehead atoms. The molecule has 9 heteroatoms. The number of nitrogens with one attached hydrogen (secondary N) is 1. The highest BCUT2D eigenvalue weighted by Crippen LogP contribution is 2.33. The summed E-state index contributed by atoms with van der Waals surface area (Å²) >= 11 is 1.25. The number of hydrogen-bond donors (Lipinski definition) is 1. The van der Waals surface area contributed by atoms with Crippen LogP contribution in [0.5, 0.6) is 11.5 Å². The second-order valence-corrected chi connectivity index (χ2v) is 7.67. The van der Waals surface area contributed by atoms with E-state index in [0.717, 1.165) is 11.3 Å². The number of methoxy groups -OCH3 is 2. The van der Waals surface area contributed by atoms with E-state index in [-0.39, 0.29) is 5.69 Å². The van der Waals surface area contributed by atoms with E-state index in [1.165, 1.54) is 17.4 Å². The molecule has 0 fully saturated rings. The van der Waals surface area contributed by atoms with Crippen LogP contribution in [0.1, 0.15) is 16.2 Å². The molecule has 0 saturated carbocycles. The topological polar surface area (TPSA) is 95.3 Å². The summed E-state index contributed by atoms with van der Waals surface area (Å²) in [6, 6.07) is 16.1. The fourth-order valence-corrected chi connectivity index (χ4v) is 3.87. The number of aryl methyl sites for hydroxylation is 1. The van der Waals surface area contributed by atoms with Crippen molar-refractivity contribution in [1.82, 2.24) is 14.8 Å². The first-order valence-corrected chi connectivity index (χ1v) is 10.5. The summed E-state index contributed by atoms with van der Waals surface area (Å²) in [5, 5.41) is 9.12. The maximum absolute atomic E-state index is 12.8. The van der Waals surface area contributed by atoms with Gasteiger partial charge in [0.15, 0.2) is 22.3 Å². The van der Waals surface area contributed by atoms with Gasteiger partial charge in [0.2, 0.25) is 5.43 Å². The van der Waals surface area contributed by atoms with Crippen LogP contribution in [0.25, 0.3) is 16.9 Å². The first kappa shape index (κ1) is 21.3. The van der Waals surface area contributed by atoms with Crippen LogP contribution in [0.15, 0.2) is 64.8 Å². The lowest BCUT2D eigenvalue weighted by molar-refractivity contribution is 0.101. The Hall–Kier alpha value is -3.98. The number of carbonyl (C=O) groups excluding carboxylic acids is 1. The Kier molecular flexibility index (Phi) is 6.00. The molecule has 1 amide bonds. The Morgan fingerprint density at radius 3 is 2.50 bits per heavy atom. The summed E-state index contributed by atoms with van der Waals surface area (Å²) in [6.45, 7) is 1.76. The molecule has 2 aromatic carbocycles. The van der Waals surface area contributed by atoms with Crippen molar-refractivity contribution in [3.8, 4) is 28.4 Å². The lowest BCUT2D eigenvalue weighted by atomic mass is 10.1. The summed E-state index contributed by atoms with van der Waals surface area (Å²) in [5.74, 6) is 0.571. The van der Waals surface area contributed by atoms with Crippen molar-refractivity contribution in [3.05, 3.63) is 81.6 Å². The molecule has 4 aromatic rings. The Labute approximate surface area is 188 Å². The summed E-state index contributed by atoms with van der Waals surface area (Å²) in [7, 11) is 3.13. The van der Waals surface area contributed by atoms with Crippen LogP contribution in [-0.2, 0) is 0 Å². The van der Waals surface area contributed by atoms with Gasteiger partial charge in [-0.25, -0.2) is 9.67 Å². The zero-order valence-electron chi connectivity index (χ0n) is 17.7. The average molecular weight is 449 g/mol. The molecule has 0 aliphatic rings. The van der Waals surface area contributed by atoms with E-state index in [2.05, 4.69) is 15.4 Å². The van der Waals surface area contributed by atoms with Crippen molar-refractivity contribution >= 4 is 22.4 Å². The van der Waals surface area contributed by atoms with Crippen LogP contribution in [0.2, 0.25) is 0 Å². The van der Waals surface area contributed by atoms with E-state index >= 15 is 0 Å². The van der Waals surface area contributed by atoms with Crippen molar-refractivity contribution < 1.29 is 14.3 Å². The van der Waals surface area contributed by atoms with E-state index in [1.807, 2.05) is 41.8 Å². The number of hydrogen-bond acceptors (Lipinski definition) is 7. The maximum Gasteiger partial charge on any atom is 0.281 e.